The van der Waals surface area contributed by atoms with Crippen LogP contribution in [0.3, 0.4) is 0 Å². The quantitative estimate of drug-likeness (QED) is 0.367. The van der Waals surface area contributed by atoms with E-state index in [1.165, 1.54) is 0 Å². The number of nitrogens with one attached hydrogen (secondary N) is 1. The molecule has 1 aliphatic heterocycles. The Morgan fingerprint density at radius 2 is 1.87 bits per heavy atom. The number of nitrogens with zero attached hydrogens (tertiary/aromatic N) is 3. The number of guanidine groups is 1. The van der Waals surface area contributed by atoms with Crippen LogP contribution in [0.1, 0.15) is 12.0 Å². The third kappa shape index (κ3) is 7.91. The lowest BCUT2D eigenvalue weighted by atomic mass is 10.1. The van der Waals surface area contributed by atoms with Crippen LogP contribution < -0.4 is 14.8 Å². The molecule has 0 bridgehead atoms. The maximum Gasteiger partial charge on any atom is 0.411 e. The molecule has 1 aromatic rings. The van der Waals surface area contributed by atoms with Gasteiger partial charge in [0, 0.05) is 58.5 Å². The van der Waals surface area contributed by atoms with Gasteiger partial charge in [0.15, 0.2) is 5.96 Å². The molecule has 0 saturated carbocycles. The summed E-state index contributed by atoms with van der Waals surface area (Å²) in [5, 5.41) is 3.19. The van der Waals surface area contributed by atoms with E-state index in [1.54, 1.807) is 21.3 Å². The molecule has 1 fully saturated rings. The van der Waals surface area contributed by atoms with E-state index in [2.05, 4.69) is 24.8 Å². The van der Waals surface area contributed by atoms with Crippen LogP contribution in [0, 0.1) is 0 Å². The Bertz CT molecular complexity index is 678. The SMILES string of the molecule is CN=C(NCCCOCC(F)(F)F)N1CCN(Cc2cc(OC)ccc2OC)CC1. The molecule has 7 nitrogen and oxygen atoms in total. The number of benzene rings is 1. The molecule has 1 saturated heterocycles. The molecule has 0 aromatic heterocycles. The van der Waals surface area contributed by atoms with Gasteiger partial charge in [-0.3, -0.25) is 9.89 Å². The molecule has 170 valence electrons. The van der Waals surface area contributed by atoms with E-state index in [-0.39, 0.29) is 6.61 Å². The average molecular weight is 432 g/mol. The van der Waals surface area contributed by atoms with Crippen molar-refractivity contribution in [3.63, 3.8) is 0 Å². The third-order valence-electron chi connectivity index (χ3n) is 4.78. The van der Waals surface area contributed by atoms with Crippen LogP contribution in [-0.2, 0) is 11.3 Å². The molecule has 1 heterocycles. The van der Waals surface area contributed by atoms with Gasteiger partial charge in [0.2, 0.25) is 0 Å². The maximum absolute atomic E-state index is 12.1. The highest BCUT2D eigenvalue weighted by Gasteiger charge is 2.27. The van der Waals surface area contributed by atoms with E-state index in [4.69, 9.17) is 9.47 Å². The van der Waals surface area contributed by atoms with Crippen LogP contribution >= 0.6 is 0 Å². The molecule has 30 heavy (non-hydrogen) atoms. The molecule has 1 aliphatic rings. The van der Waals surface area contributed by atoms with Crippen LogP contribution in [0.15, 0.2) is 23.2 Å². The average Bonchev–Trinajstić information content (AvgIpc) is 2.73. The van der Waals surface area contributed by atoms with Crippen LogP contribution in [-0.4, -0.2) is 89.1 Å². The lowest BCUT2D eigenvalue weighted by Crippen LogP contribution is -2.52. The molecule has 0 aliphatic carbocycles. The first-order chi connectivity index (χ1) is 14.4. The van der Waals surface area contributed by atoms with Gasteiger partial charge in [-0.15, -0.1) is 0 Å². The molecule has 1 N–H and O–H groups in total. The molecule has 0 amide bonds. The van der Waals surface area contributed by atoms with Crippen LogP contribution in [0.25, 0.3) is 0 Å². The van der Waals surface area contributed by atoms with Crippen molar-refractivity contribution >= 4 is 5.96 Å². The van der Waals surface area contributed by atoms with E-state index < -0.39 is 12.8 Å². The van der Waals surface area contributed by atoms with Crippen molar-refractivity contribution in [2.45, 2.75) is 19.1 Å². The minimum absolute atomic E-state index is 0.0552. The summed E-state index contributed by atoms with van der Waals surface area (Å²) >= 11 is 0. The summed E-state index contributed by atoms with van der Waals surface area (Å²) in [6.07, 6.45) is -3.80. The van der Waals surface area contributed by atoms with Crippen molar-refractivity contribution in [1.82, 2.24) is 15.1 Å². The summed E-state index contributed by atoms with van der Waals surface area (Å²) in [6, 6.07) is 5.78. The fraction of sp³-hybridized carbons (Fsp3) is 0.650. The van der Waals surface area contributed by atoms with E-state index in [1.807, 2.05) is 18.2 Å². The van der Waals surface area contributed by atoms with E-state index >= 15 is 0 Å². The second-order valence-corrected chi connectivity index (χ2v) is 6.94. The van der Waals surface area contributed by atoms with Crippen molar-refractivity contribution in [2.75, 3.05) is 67.2 Å². The predicted octanol–water partition coefficient (Wildman–Crippen LogP) is 2.37. The van der Waals surface area contributed by atoms with Crippen molar-refractivity contribution in [2.24, 2.45) is 4.99 Å². The number of rotatable bonds is 9. The Balaban J connectivity index is 1.75. The van der Waals surface area contributed by atoms with Gasteiger partial charge in [-0.1, -0.05) is 0 Å². The first kappa shape index (κ1) is 24.1. The molecule has 2 rings (SSSR count). The van der Waals surface area contributed by atoms with E-state index in [0.29, 0.717) is 13.0 Å². The van der Waals surface area contributed by atoms with Gasteiger partial charge in [-0.2, -0.15) is 13.2 Å². The highest BCUT2D eigenvalue weighted by Crippen LogP contribution is 2.25. The number of piperazine rings is 1. The number of hydrogen-bond donors (Lipinski definition) is 1. The number of hydrogen-bond acceptors (Lipinski definition) is 5. The summed E-state index contributed by atoms with van der Waals surface area (Å²) in [4.78, 5) is 8.77. The van der Waals surface area contributed by atoms with E-state index in [0.717, 1.165) is 55.7 Å². The molecular weight excluding hydrogens is 401 g/mol. The Hall–Kier alpha value is -2.20. The molecular formula is C20H31F3N4O3. The van der Waals surface area contributed by atoms with Gasteiger partial charge < -0.3 is 24.4 Å². The Labute approximate surface area is 175 Å². The lowest BCUT2D eigenvalue weighted by Gasteiger charge is -2.36. The first-order valence-electron chi connectivity index (χ1n) is 9.89. The summed E-state index contributed by atoms with van der Waals surface area (Å²) in [5.74, 6) is 2.39. The number of ether oxygens (including phenoxy) is 3. The molecule has 0 unspecified atom stereocenters. The third-order valence-corrected chi connectivity index (χ3v) is 4.78. The topological polar surface area (TPSA) is 58.6 Å². The lowest BCUT2D eigenvalue weighted by molar-refractivity contribution is -0.173. The summed E-state index contributed by atoms with van der Waals surface area (Å²) in [5.41, 5.74) is 1.08. The zero-order chi connectivity index (χ0) is 22.0. The van der Waals surface area contributed by atoms with Crippen LogP contribution in [0.5, 0.6) is 11.5 Å². The van der Waals surface area contributed by atoms with E-state index in [9.17, 15) is 13.2 Å². The zero-order valence-corrected chi connectivity index (χ0v) is 17.8. The maximum atomic E-state index is 12.1. The van der Waals surface area contributed by atoms with Gasteiger partial charge in [-0.05, 0) is 24.6 Å². The van der Waals surface area contributed by atoms with Gasteiger partial charge in [0.25, 0.3) is 0 Å². The van der Waals surface area contributed by atoms with Gasteiger partial charge >= 0.3 is 6.18 Å². The molecule has 0 atom stereocenters. The normalized spacial score (nSPS) is 15.9. The monoisotopic (exact) mass is 432 g/mol. The summed E-state index contributed by atoms with van der Waals surface area (Å²) < 4.78 is 51.6. The second kappa shape index (κ2) is 11.8. The van der Waals surface area contributed by atoms with Crippen molar-refractivity contribution in [3.05, 3.63) is 23.8 Å². The highest BCUT2D eigenvalue weighted by atomic mass is 19.4. The number of halogens is 3. The standard InChI is InChI=1S/C20H31F3N4O3/c1-24-19(25-7-4-12-30-15-20(21,22)23)27-10-8-26(9-11-27)14-16-13-17(28-2)5-6-18(16)29-3/h5-6,13H,4,7-12,14-15H2,1-3H3,(H,24,25). The Kier molecular flexibility index (Phi) is 9.51. The van der Waals surface area contributed by atoms with Crippen molar-refractivity contribution < 1.29 is 27.4 Å². The Morgan fingerprint density at radius 1 is 1.13 bits per heavy atom. The summed E-state index contributed by atoms with van der Waals surface area (Å²) in [7, 11) is 5.01. The smallest absolute Gasteiger partial charge is 0.411 e. The first-order valence-corrected chi connectivity index (χ1v) is 9.89. The van der Waals surface area contributed by atoms with Crippen molar-refractivity contribution in [3.8, 4) is 11.5 Å². The molecule has 10 heteroatoms. The number of alkyl halides is 3. The van der Waals surface area contributed by atoms with Gasteiger partial charge in [0.1, 0.15) is 18.1 Å². The van der Waals surface area contributed by atoms with Crippen LogP contribution in [0.2, 0.25) is 0 Å². The number of methoxy groups -OCH3 is 2. The summed E-state index contributed by atoms with van der Waals surface area (Å²) in [6.45, 7) is 3.43. The molecule has 0 spiro atoms. The van der Waals surface area contributed by atoms with Gasteiger partial charge in [-0.25, -0.2) is 0 Å². The Morgan fingerprint density at radius 3 is 2.47 bits per heavy atom. The largest absolute Gasteiger partial charge is 0.497 e. The fourth-order valence-electron chi connectivity index (χ4n) is 3.26. The number of aliphatic imine (C=N–C) groups is 1. The highest BCUT2D eigenvalue weighted by molar-refractivity contribution is 5.79. The fourth-order valence-corrected chi connectivity index (χ4v) is 3.26. The zero-order valence-electron chi connectivity index (χ0n) is 17.8. The minimum Gasteiger partial charge on any atom is -0.497 e. The van der Waals surface area contributed by atoms with Crippen LogP contribution in [0.4, 0.5) is 13.2 Å². The van der Waals surface area contributed by atoms with Gasteiger partial charge in [0.05, 0.1) is 14.2 Å². The molecule has 1 aromatic carbocycles. The second-order valence-electron chi connectivity index (χ2n) is 6.94. The van der Waals surface area contributed by atoms with Crippen molar-refractivity contribution in [1.29, 1.82) is 0 Å². The molecule has 0 radical (unpaired) electrons. The minimum atomic E-state index is -4.28. The predicted molar refractivity (Wildman–Crippen MR) is 109 cm³/mol.